The topological polar surface area (TPSA) is 60.7 Å². The lowest BCUT2D eigenvalue weighted by Crippen LogP contribution is -2.08. The molecule has 1 aromatic carbocycles. The van der Waals surface area contributed by atoms with Gasteiger partial charge in [-0.3, -0.25) is 4.21 Å². The summed E-state index contributed by atoms with van der Waals surface area (Å²) in [7, 11) is -1.13. The Morgan fingerprint density at radius 2 is 2.28 bits per heavy atom. The van der Waals surface area contributed by atoms with Crippen LogP contribution in [0.3, 0.4) is 0 Å². The van der Waals surface area contributed by atoms with Crippen molar-refractivity contribution in [2.45, 2.75) is 30.5 Å². The van der Waals surface area contributed by atoms with E-state index in [0.29, 0.717) is 11.6 Å². The van der Waals surface area contributed by atoms with Gasteiger partial charge in [-0.05, 0) is 35.0 Å². The van der Waals surface area contributed by atoms with E-state index in [4.69, 9.17) is 0 Å². The van der Waals surface area contributed by atoms with Gasteiger partial charge in [-0.1, -0.05) is 28.9 Å². The second-order valence-corrected chi connectivity index (χ2v) is 6.13. The van der Waals surface area contributed by atoms with E-state index in [2.05, 4.69) is 38.4 Å². The number of tetrazole rings is 1. The van der Waals surface area contributed by atoms with E-state index in [1.165, 1.54) is 0 Å². The highest BCUT2D eigenvalue weighted by atomic mass is 79.9. The van der Waals surface area contributed by atoms with Crippen molar-refractivity contribution in [3.8, 4) is 0 Å². The molecule has 0 aliphatic carbocycles. The van der Waals surface area contributed by atoms with Gasteiger partial charge in [-0.15, -0.1) is 5.10 Å². The van der Waals surface area contributed by atoms with Gasteiger partial charge in [0.15, 0.2) is 5.82 Å². The quantitative estimate of drug-likeness (QED) is 0.843. The van der Waals surface area contributed by atoms with E-state index in [-0.39, 0.29) is 0 Å². The van der Waals surface area contributed by atoms with E-state index in [9.17, 15) is 4.21 Å². The Hall–Kier alpha value is -1.08. The van der Waals surface area contributed by atoms with Gasteiger partial charge in [0.1, 0.15) is 0 Å². The maximum Gasteiger partial charge on any atom is 0.164 e. The molecule has 1 unspecified atom stereocenters. The van der Waals surface area contributed by atoms with Gasteiger partial charge in [0, 0.05) is 15.9 Å². The molecule has 1 heterocycles. The molecule has 0 fully saturated rings. The number of aromatic nitrogens is 4. The smallest absolute Gasteiger partial charge is 0.164 e. The fourth-order valence-electron chi connectivity index (χ4n) is 1.52. The second kappa shape index (κ2) is 6.19. The zero-order valence-electron chi connectivity index (χ0n) is 9.91. The molecule has 2 rings (SSSR count). The summed E-state index contributed by atoms with van der Waals surface area (Å²) >= 11 is 3.37. The van der Waals surface area contributed by atoms with Crippen molar-refractivity contribution in [1.82, 2.24) is 20.2 Å². The van der Waals surface area contributed by atoms with Crippen molar-refractivity contribution in [2.24, 2.45) is 0 Å². The minimum absolute atomic E-state index is 0.337. The Morgan fingerprint density at radius 3 is 3.00 bits per heavy atom. The van der Waals surface area contributed by atoms with Crippen LogP contribution in [0.2, 0.25) is 0 Å². The molecule has 5 nitrogen and oxygen atoms in total. The molecule has 0 aliphatic rings. The van der Waals surface area contributed by atoms with Gasteiger partial charge in [0.05, 0.1) is 16.6 Å². The first-order valence-electron chi connectivity index (χ1n) is 5.59. The summed E-state index contributed by atoms with van der Waals surface area (Å²) < 4.78 is 14.8. The van der Waals surface area contributed by atoms with Gasteiger partial charge in [0.2, 0.25) is 0 Å². The maximum atomic E-state index is 12.2. The van der Waals surface area contributed by atoms with Gasteiger partial charge in [-0.25, -0.2) is 4.68 Å². The van der Waals surface area contributed by atoms with Gasteiger partial charge < -0.3 is 0 Å². The van der Waals surface area contributed by atoms with Crippen molar-refractivity contribution < 1.29 is 4.21 Å². The highest BCUT2D eigenvalue weighted by Gasteiger charge is 2.11. The van der Waals surface area contributed by atoms with Crippen LogP contribution in [0, 0.1) is 0 Å². The normalized spacial score (nSPS) is 12.6. The summed E-state index contributed by atoms with van der Waals surface area (Å²) in [6.07, 6.45) is 0.946. The molecule has 0 spiro atoms. The summed E-state index contributed by atoms with van der Waals surface area (Å²) in [5.74, 6) is 0.999. The third kappa shape index (κ3) is 3.23. The van der Waals surface area contributed by atoms with Crippen LogP contribution in [0.15, 0.2) is 33.6 Å². The fourth-order valence-corrected chi connectivity index (χ4v) is 3.17. The van der Waals surface area contributed by atoms with E-state index in [0.717, 1.165) is 22.3 Å². The van der Waals surface area contributed by atoms with Crippen LogP contribution >= 0.6 is 15.9 Å². The average molecular weight is 329 g/mol. The number of halogens is 1. The molecule has 1 atom stereocenters. The molecule has 0 amide bonds. The van der Waals surface area contributed by atoms with Crippen molar-refractivity contribution in [3.63, 3.8) is 0 Å². The van der Waals surface area contributed by atoms with Crippen molar-refractivity contribution in [2.75, 3.05) is 0 Å². The van der Waals surface area contributed by atoms with Crippen LogP contribution in [0.25, 0.3) is 0 Å². The van der Waals surface area contributed by atoms with Gasteiger partial charge in [0.25, 0.3) is 0 Å². The molecule has 0 aliphatic heterocycles. The van der Waals surface area contributed by atoms with Gasteiger partial charge in [-0.2, -0.15) is 0 Å². The first-order valence-corrected chi connectivity index (χ1v) is 7.71. The third-order valence-electron chi connectivity index (χ3n) is 2.36. The average Bonchev–Trinajstić information content (AvgIpc) is 2.77. The highest BCUT2D eigenvalue weighted by Crippen LogP contribution is 2.16. The molecular weight excluding hydrogens is 316 g/mol. The van der Waals surface area contributed by atoms with E-state index in [1.54, 1.807) is 4.68 Å². The molecule has 0 saturated heterocycles. The molecule has 2 aromatic rings. The van der Waals surface area contributed by atoms with Crippen LogP contribution in [0.5, 0.6) is 0 Å². The number of hydrogen-bond donors (Lipinski definition) is 0. The molecule has 0 bridgehead atoms. The molecule has 0 saturated carbocycles. The van der Waals surface area contributed by atoms with Gasteiger partial charge >= 0.3 is 0 Å². The summed E-state index contributed by atoms with van der Waals surface area (Å²) in [4.78, 5) is 0.774. The van der Waals surface area contributed by atoms with Crippen molar-refractivity contribution >= 4 is 26.7 Å². The number of aryl methyl sites for hydroxylation is 1. The Labute approximate surface area is 116 Å². The lowest BCUT2D eigenvalue weighted by Gasteiger charge is -2.03. The first kappa shape index (κ1) is 13.4. The Bertz CT molecular complexity index is 557. The standard InChI is InChI=1S/C11H13BrN4OS/c1-2-6-16-11(13-14-15-16)8-18(17)10-5-3-4-9(12)7-10/h3-5,7H,2,6,8H2,1H3. The van der Waals surface area contributed by atoms with Crippen LogP contribution in [0.1, 0.15) is 19.2 Å². The second-order valence-electron chi connectivity index (χ2n) is 3.77. The lowest BCUT2D eigenvalue weighted by atomic mass is 10.4. The SMILES string of the molecule is CCCn1nnnc1CS(=O)c1cccc(Br)c1. The molecule has 1 aromatic heterocycles. The van der Waals surface area contributed by atoms with Crippen LogP contribution in [0.4, 0.5) is 0 Å². The maximum absolute atomic E-state index is 12.2. The molecule has 18 heavy (non-hydrogen) atoms. The van der Waals surface area contributed by atoms with E-state index in [1.807, 2.05) is 24.3 Å². The predicted octanol–water partition coefficient (Wildman–Crippen LogP) is 2.15. The van der Waals surface area contributed by atoms with Crippen molar-refractivity contribution in [3.05, 3.63) is 34.6 Å². The highest BCUT2D eigenvalue weighted by molar-refractivity contribution is 9.10. The lowest BCUT2D eigenvalue weighted by molar-refractivity contribution is 0.562. The molecule has 7 heteroatoms. The zero-order chi connectivity index (χ0) is 13.0. The fraction of sp³-hybridized carbons (Fsp3) is 0.364. The summed E-state index contributed by atoms with van der Waals surface area (Å²) in [6, 6.07) is 7.47. The van der Waals surface area contributed by atoms with Crippen LogP contribution < -0.4 is 0 Å². The minimum Gasteiger partial charge on any atom is -0.254 e. The molecular formula is C11H13BrN4OS. The predicted molar refractivity (Wildman–Crippen MR) is 72.4 cm³/mol. The van der Waals surface area contributed by atoms with E-state index >= 15 is 0 Å². The van der Waals surface area contributed by atoms with E-state index < -0.39 is 10.8 Å². The molecule has 96 valence electrons. The Kier molecular flexibility index (Phi) is 4.60. The third-order valence-corrected chi connectivity index (χ3v) is 4.15. The largest absolute Gasteiger partial charge is 0.254 e. The Morgan fingerprint density at radius 1 is 1.44 bits per heavy atom. The first-order chi connectivity index (χ1) is 8.70. The molecule has 0 N–H and O–H groups in total. The number of rotatable bonds is 5. The van der Waals surface area contributed by atoms with Crippen molar-refractivity contribution in [1.29, 1.82) is 0 Å². The van der Waals surface area contributed by atoms with Crippen LogP contribution in [-0.2, 0) is 23.1 Å². The summed E-state index contributed by atoms with van der Waals surface area (Å²) in [6.45, 7) is 2.80. The number of benzene rings is 1. The number of nitrogens with zero attached hydrogens (tertiary/aromatic N) is 4. The molecule has 0 radical (unpaired) electrons. The Balaban J connectivity index is 2.14. The summed E-state index contributed by atoms with van der Waals surface area (Å²) in [5, 5.41) is 11.4. The minimum atomic E-state index is -1.13. The summed E-state index contributed by atoms with van der Waals surface area (Å²) in [5.41, 5.74) is 0. The number of hydrogen-bond acceptors (Lipinski definition) is 4. The monoisotopic (exact) mass is 328 g/mol. The zero-order valence-corrected chi connectivity index (χ0v) is 12.3. The van der Waals surface area contributed by atoms with Crippen LogP contribution in [-0.4, -0.2) is 24.4 Å².